The third-order valence-electron chi connectivity index (χ3n) is 7.71. The lowest BCUT2D eigenvalue weighted by molar-refractivity contribution is -0.171. The Hall–Kier alpha value is -5.38. The first-order valence-electron chi connectivity index (χ1n) is 16.3. The average Bonchev–Trinajstić information content (AvgIpc) is 3.57. The summed E-state index contributed by atoms with van der Waals surface area (Å²) < 4.78 is 48.2. The Morgan fingerprint density at radius 2 is 1.57 bits per heavy atom. The predicted octanol–water partition coefficient (Wildman–Crippen LogP) is 6.20. The third kappa shape index (κ3) is 9.45. The second-order valence-corrected chi connectivity index (χ2v) is 14.8. The number of amides is 2. The van der Waals surface area contributed by atoms with Gasteiger partial charge in [-0.1, -0.05) is 53.7 Å². The minimum Gasteiger partial charge on any atom is -0.443 e. The molecule has 0 bridgehead atoms. The van der Waals surface area contributed by atoms with Crippen molar-refractivity contribution in [1.82, 2.24) is 26.0 Å². The van der Waals surface area contributed by atoms with E-state index in [2.05, 4.69) is 25.7 Å². The lowest BCUT2D eigenvalue weighted by Gasteiger charge is -2.21. The summed E-state index contributed by atoms with van der Waals surface area (Å²) in [7, 11) is -3.62. The van der Waals surface area contributed by atoms with Gasteiger partial charge in [-0.2, -0.15) is 0 Å². The standard InChI is InChI=1S/C36H38N6O8S/c1-36(2,3)49-35(44)40-39-34(43)27-18-29(38-31-19-32(37-20-28(27)31)42-51(4,45)46)24-12-8-22(9-13-24)23-10-14-25(15-11-23)30-17-26(50-41-30)21-48-33-7-5-6-16-47-33/h8-15,17-20,33H,5-7,16,21H2,1-4H3,(H,37,42)(H,39,43)(H,40,44). The van der Waals surface area contributed by atoms with Gasteiger partial charge in [0.15, 0.2) is 12.1 Å². The van der Waals surface area contributed by atoms with Gasteiger partial charge in [0.2, 0.25) is 10.0 Å². The van der Waals surface area contributed by atoms with Crippen LogP contribution in [0.25, 0.3) is 44.5 Å². The molecule has 2 amide bonds. The Kier molecular flexibility index (Phi) is 10.3. The number of carbonyl (C=O) groups excluding carboxylic acids is 2. The van der Waals surface area contributed by atoms with Crippen LogP contribution in [0.3, 0.4) is 0 Å². The van der Waals surface area contributed by atoms with Crippen molar-refractivity contribution in [1.29, 1.82) is 0 Å². The summed E-state index contributed by atoms with van der Waals surface area (Å²) in [4.78, 5) is 34.4. The van der Waals surface area contributed by atoms with E-state index in [1.165, 1.54) is 12.3 Å². The number of hydrogen-bond donors (Lipinski definition) is 3. The van der Waals surface area contributed by atoms with E-state index < -0.39 is 27.6 Å². The van der Waals surface area contributed by atoms with Gasteiger partial charge >= 0.3 is 6.09 Å². The monoisotopic (exact) mass is 714 g/mol. The topological polar surface area (TPSA) is 184 Å². The van der Waals surface area contributed by atoms with E-state index in [1.54, 1.807) is 26.8 Å². The fraction of sp³-hybridized carbons (Fsp3) is 0.306. The third-order valence-corrected chi connectivity index (χ3v) is 8.29. The van der Waals surface area contributed by atoms with Gasteiger partial charge in [-0.25, -0.2) is 28.6 Å². The van der Waals surface area contributed by atoms with E-state index in [0.29, 0.717) is 46.8 Å². The molecule has 3 N–H and O–H groups in total. The SMILES string of the molecule is CC(C)(C)OC(=O)NNC(=O)c1cc(-c2ccc(-c3ccc(-c4cc(COC5CCCCO5)on4)cc3)cc2)nc2cc(NS(C)(=O)=O)ncc12. The van der Waals surface area contributed by atoms with Crippen molar-refractivity contribution in [2.24, 2.45) is 0 Å². The van der Waals surface area contributed by atoms with Gasteiger partial charge in [-0.3, -0.25) is 14.9 Å². The molecule has 0 spiro atoms. The summed E-state index contributed by atoms with van der Waals surface area (Å²) in [6.07, 6.45) is 4.32. The number of fused-ring (bicyclic) bond motifs is 1. The summed E-state index contributed by atoms with van der Waals surface area (Å²) in [5.41, 5.74) is 8.92. The molecule has 51 heavy (non-hydrogen) atoms. The van der Waals surface area contributed by atoms with Crippen molar-refractivity contribution in [3.63, 3.8) is 0 Å². The van der Waals surface area contributed by atoms with Gasteiger partial charge < -0.3 is 18.7 Å². The van der Waals surface area contributed by atoms with Crippen LogP contribution in [0.15, 0.2) is 77.4 Å². The highest BCUT2D eigenvalue weighted by Gasteiger charge is 2.20. The summed E-state index contributed by atoms with van der Waals surface area (Å²) in [5, 5.41) is 4.54. The highest BCUT2D eigenvalue weighted by atomic mass is 32.2. The number of benzene rings is 2. The number of pyridine rings is 2. The molecule has 0 aliphatic carbocycles. The van der Waals surface area contributed by atoms with Gasteiger partial charge in [0.1, 0.15) is 23.7 Å². The van der Waals surface area contributed by atoms with Gasteiger partial charge in [0.05, 0.1) is 23.0 Å². The first-order valence-corrected chi connectivity index (χ1v) is 18.2. The molecule has 1 saturated heterocycles. The van der Waals surface area contributed by atoms with E-state index in [0.717, 1.165) is 42.2 Å². The van der Waals surface area contributed by atoms with Gasteiger partial charge in [0, 0.05) is 41.4 Å². The van der Waals surface area contributed by atoms with Crippen LogP contribution < -0.4 is 15.6 Å². The second kappa shape index (κ2) is 14.8. The Morgan fingerprint density at radius 1 is 0.902 bits per heavy atom. The van der Waals surface area contributed by atoms with Crippen LogP contribution in [0.4, 0.5) is 10.6 Å². The van der Waals surface area contributed by atoms with Crippen molar-refractivity contribution in [2.45, 2.75) is 58.5 Å². The Labute approximate surface area is 294 Å². The Bertz CT molecular complexity index is 2140. The first kappa shape index (κ1) is 35.4. The molecule has 15 heteroatoms. The van der Waals surface area contributed by atoms with E-state index >= 15 is 0 Å². The maximum atomic E-state index is 13.3. The van der Waals surface area contributed by atoms with E-state index in [1.807, 2.05) is 54.6 Å². The molecule has 1 atom stereocenters. The van der Waals surface area contributed by atoms with E-state index in [-0.39, 0.29) is 17.7 Å². The average molecular weight is 715 g/mol. The van der Waals surface area contributed by atoms with E-state index in [4.69, 9.17) is 23.7 Å². The molecule has 6 rings (SSSR count). The number of nitrogens with one attached hydrogen (secondary N) is 3. The lowest BCUT2D eigenvalue weighted by Crippen LogP contribution is -2.44. The van der Waals surface area contributed by atoms with Crippen molar-refractivity contribution in [2.75, 3.05) is 17.6 Å². The number of hydrazine groups is 1. The zero-order valence-corrected chi connectivity index (χ0v) is 29.4. The maximum Gasteiger partial charge on any atom is 0.426 e. The molecule has 266 valence electrons. The number of anilines is 1. The van der Waals surface area contributed by atoms with Crippen LogP contribution >= 0.6 is 0 Å². The van der Waals surface area contributed by atoms with Gasteiger partial charge in [-0.05, 0) is 57.2 Å². The molecular formula is C36H38N6O8S. The lowest BCUT2D eigenvalue weighted by atomic mass is 9.99. The Balaban J connectivity index is 1.21. The highest BCUT2D eigenvalue weighted by molar-refractivity contribution is 7.92. The van der Waals surface area contributed by atoms with Crippen LogP contribution in [0.5, 0.6) is 0 Å². The predicted molar refractivity (Wildman–Crippen MR) is 190 cm³/mol. The minimum atomic E-state index is -3.62. The smallest absolute Gasteiger partial charge is 0.426 e. The van der Waals surface area contributed by atoms with Crippen LogP contribution in [-0.2, 0) is 30.8 Å². The van der Waals surface area contributed by atoms with Crippen molar-refractivity contribution in [3.05, 3.63) is 84.3 Å². The number of nitrogens with zero attached hydrogens (tertiary/aromatic N) is 3. The van der Waals surface area contributed by atoms with Crippen molar-refractivity contribution in [3.8, 4) is 33.6 Å². The van der Waals surface area contributed by atoms with Crippen molar-refractivity contribution < 1.29 is 36.7 Å². The number of hydrogen-bond acceptors (Lipinski definition) is 11. The minimum absolute atomic E-state index is 0.0379. The molecule has 1 aliphatic rings. The number of aromatic nitrogens is 3. The zero-order chi connectivity index (χ0) is 36.2. The van der Waals surface area contributed by atoms with Gasteiger partial charge in [-0.15, -0.1) is 0 Å². The molecule has 1 fully saturated rings. The molecule has 14 nitrogen and oxygen atoms in total. The van der Waals surface area contributed by atoms with Crippen LogP contribution in [0, 0.1) is 0 Å². The molecule has 5 aromatic rings. The number of rotatable bonds is 9. The second-order valence-electron chi connectivity index (χ2n) is 13.0. The summed E-state index contributed by atoms with van der Waals surface area (Å²) in [6.45, 7) is 6.10. The van der Waals surface area contributed by atoms with Crippen molar-refractivity contribution >= 4 is 38.7 Å². The molecule has 0 radical (unpaired) electrons. The molecule has 2 aromatic carbocycles. The summed E-state index contributed by atoms with van der Waals surface area (Å²) in [5.74, 6) is 0.0120. The zero-order valence-electron chi connectivity index (χ0n) is 28.6. The highest BCUT2D eigenvalue weighted by Crippen LogP contribution is 2.30. The first-order chi connectivity index (χ1) is 24.3. The molecule has 1 aliphatic heterocycles. The fourth-order valence-corrected chi connectivity index (χ4v) is 5.87. The normalized spacial score (nSPS) is 14.9. The Morgan fingerprint density at radius 3 is 2.20 bits per heavy atom. The largest absolute Gasteiger partial charge is 0.443 e. The molecule has 3 aromatic heterocycles. The summed E-state index contributed by atoms with van der Waals surface area (Å²) >= 11 is 0. The maximum absolute atomic E-state index is 13.3. The van der Waals surface area contributed by atoms with Crippen LogP contribution in [0.1, 0.15) is 56.2 Å². The molecule has 4 heterocycles. The van der Waals surface area contributed by atoms with E-state index in [9.17, 15) is 18.0 Å². The quantitative estimate of drug-likeness (QED) is 0.148. The van der Waals surface area contributed by atoms with Crippen LogP contribution in [0.2, 0.25) is 0 Å². The fourth-order valence-electron chi connectivity index (χ4n) is 5.38. The molecule has 1 unspecified atom stereocenters. The number of carbonyl (C=O) groups is 2. The molecule has 0 saturated carbocycles. The summed E-state index contributed by atoms with van der Waals surface area (Å²) in [6, 6.07) is 20.4. The number of ether oxygens (including phenoxy) is 3. The molecular weight excluding hydrogens is 676 g/mol. The number of sulfonamides is 1. The van der Waals surface area contributed by atoms with Gasteiger partial charge in [0.25, 0.3) is 5.91 Å². The van der Waals surface area contributed by atoms with Crippen LogP contribution in [-0.4, -0.2) is 60.3 Å².